The van der Waals surface area contributed by atoms with Crippen LogP contribution in [0.1, 0.15) is 18.9 Å². The lowest BCUT2D eigenvalue weighted by atomic mass is 9.97. The quantitative estimate of drug-likeness (QED) is 0.734. The fourth-order valence-corrected chi connectivity index (χ4v) is 1.90. The van der Waals surface area contributed by atoms with Crippen molar-refractivity contribution in [3.8, 4) is 11.5 Å². The van der Waals surface area contributed by atoms with E-state index in [1.807, 2.05) is 19.1 Å². The number of ether oxygens (including phenoxy) is 2. The summed E-state index contributed by atoms with van der Waals surface area (Å²) in [6.45, 7) is 1.95. The topological polar surface area (TPSA) is 35.5 Å². The minimum atomic E-state index is -0.301. The standard InChI is InChI=1S/C13H17ClO3/c1-4-9(13(14)15)7-10-5-6-11(16-2)8-12(10)17-3/h5-6,8-9H,4,7H2,1-3H3. The normalized spacial score (nSPS) is 12.0. The van der Waals surface area contributed by atoms with Crippen molar-refractivity contribution in [2.24, 2.45) is 5.92 Å². The number of rotatable bonds is 6. The van der Waals surface area contributed by atoms with Gasteiger partial charge in [-0.05, 0) is 36.1 Å². The number of methoxy groups -OCH3 is 2. The SMILES string of the molecule is CCC(Cc1ccc(OC)cc1OC)C(=O)Cl. The van der Waals surface area contributed by atoms with Gasteiger partial charge in [-0.15, -0.1) is 0 Å². The van der Waals surface area contributed by atoms with Crippen molar-refractivity contribution in [1.29, 1.82) is 0 Å². The molecule has 0 aliphatic carbocycles. The first-order chi connectivity index (χ1) is 8.12. The Balaban J connectivity index is 2.93. The molecule has 94 valence electrons. The highest BCUT2D eigenvalue weighted by molar-refractivity contribution is 6.64. The lowest BCUT2D eigenvalue weighted by Gasteiger charge is -2.14. The van der Waals surface area contributed by atoms with Crippen LogP contribution in [0.2, 0.25) is 0 Å². The second-order valence-corrected chi connectivity index (χ2v) is 4.16. The Morgan fingerprint density at radius 1 is 1.35 bits per heavy atom. The lowest BCUT2D eigenvalue weighted by Crippen LogP contribution is -2.11. The van der Waals surface area contributed by atoms with Gasteiger partial charge < -0.3 is 9.47 Å². The Bertz CT molecular complexity index is 390. The Morgan fingerprint density at radius 3 is 2.53 bits per heavy atom. The number of hydrogen-bond acceptors (Lipinski definition) is 3. The smallest absolute Gasteiger partial charge is 0.225 e. The van der Waals surface area contributed by atoms with E-state index in [2.05, 4.69) is 0 Å². The molecule has 1 atom stereocenters. The molecule has 1 aromatic rings. The van der Waals surface area contributed by atoms with Gasteiger partial charge in [0, 0.05) is 12.0 Å². The summed E-state index contributed by atoms with van der Waals surface area (Å²) in [5, 5.41) is -0.301. The predicted molar refractivity (Wildman–Crippen MR) is 67.9 cm³/mol. The number of benzene rings is 1. The maximum absolute atomic E-state index is 11.2. The summed E-state index contributed by atoms with van der Waals surface area (Å²) in [5.41, 5.74) is 0.967. The summed E-state index contributed by atoms with van der Waals surface area (Å²) in [6.07, 6.45) is 1.31. The van der Waals surface area contributed by atoms with Gasteiger partial charge in [0.1, 0.15) is 11.5 Å². The minimum Gasteiger partial charge on any atom is -0.497 e. The van der Waals surface area contributed by atoms with Crippen molar-refractivity contribution >= 4 is 16.8 Å². The molecule has 0 amide bonds. The molecule has 1 unspecified atom stereocenters. The fraction of sp³-hybridized carbons (Fsp3) is 0.462. The van der Waals surface area contributed by atoms with Gasteiger partial charge in [0.15, 0.2) is 0 Å². The molecule has 1 rings (SSSR count). The van der Waals surface area contributed by atoms with E-state index in [4.69, 9.17) is 21.1 Å². The molecule has 0 aliphatic heterocycles. The zero-order valence-electron chi connectivity index (χ0n) is 10.3. The zero-order valence-corrected chi connectivity index (χ0v) is 11.1. The first kappa shape index (κ1) is 13.8. The molecular weight excluding hydrogens is 240 g/mol. The maximum atomic E-state index is 11.2. The molecular formula is C13H17ClO3. The van der Waals surface area contributed by atoms with Gasteiger partial charge in [-0.3, -0.25) is 4.79 Å². The molecule has 1 aromatic carbocycles. The van der Waals surface area contributed by atoms with Crippen LogP contribution in [0, 0.1) is 5.92 Å². The van der Waals surface area contributed by atoms with Crippen LogP contribution in [0.5, 0.6) is 11.5 Å². The molecule has 3 nitrogen and oxygen atoms in total. The van der Waals surface area contributed by atoms with Crippen LogP contribution >= 0.6 is 11.6 Å². The third-order valence-corrected chi connectivity index (χ3v) is 3.08. The maximum Gasteiger partial charge on any atom is 0.225 e. The zero-order chi connectivity index (χ0) is 12.8. The Hall–Kier alpha value is -1.22. The molecule has 0 spiro atoms. The highest BCUT2D eigenvalue weighted by Crippen LogP contribution is 2.28. The molecule has 4 heteroatoms. The number of hydrogen-bond donors (Lipinski definition) is 0. The van der Waals surface area contributed by atoms with Crippen molar-refractivity contribution in [2.45, 2.75) is 19.8 Å². The molecule has 0 radical (unpaired) electrons. The average Bonchev–Trinajstić information content (AvgIpc) is 2.35. The van der Waals surface area contributed by atoms with Crippen molar-refractivity contribution < 1.29 is 14.3 Å². The molecule has 0 N–H and O–H groups in total. The lowest BCUT2D eigenvalue weighted by molar-refractivity contribution is -0.115. The first-order valence-electron chi connectivity index (χ1n) is 5.52. The van der Waals surface area contributed by atoms with Crippen LogP contribution in [0.3, 0.4) is 0 Å². The largest absolute Gasteiger partial charge is 0.497 e. The Morgan fingerprint density at radius 2 is 2.06 bits per heavy atom. The molecule has 0 saturated heterocycles. The van der Waals surface area contributed by atoms with E-state index in [0.29, 0.717) is 6.42 Å². The van der Waals surface area contributed by atoms with Crippen LogP contribution < -0.4 is 9.47 Å². The molecule has 0 aliphatic rings. The number of carbonyl (C=O) groups excluding carboxylic acids is 1. The Labute approximate surface area is 107 Å². The van der Waals surface area contributed by atoms with Gasteiger partial charge in [0.2, 0.25) is 5.24 Å². The van der Waals surface area contributed by atoms with Gasteiger partial charge in [-0.25, -0.2) is 0 Å². The van der Waals surface area contributed by atoms with E-state index < -0.39 is 0 Å². The van der Waals surface area contributed by atoms with Gasteiger partial charge in [0.25, 0.3) is 0 Å². The summed E-state index contributed by atoms with van der Waals surface area (Å²) < 4.78 is 10.4. The number of carbonyl (C=O) groups is 1. The summed E-state index contributed by atoms with van der Waals surface area (Å²) >= 11 is 5.54. The number of halogens is 1. The van der Waals surface area contributed by atoms with E-state index >= 15 is 0 Å². The van der Waals surface area contributed by atoms with E-state index in [9.17, 15) is 4.79 Å². The monoisotopic (exact) mass is 256 g/mol. The van der Waals surface area contributed by atoms with E-state index in [1.165, 1.54) is 0 Å². The summed E-state index contributed by atoms with van der Waals surface area (Å²) in [6, 6.07) is 5.56. The van der Waals surface area contributed by atoms with E-state index in [1.54, 1.807) is 20.3 Å². The third-order valence-electron chi connectivity index (χ3n) is 2.77. The highest BCUT2D eigenvalue weighted by Gasteiger charge is 2.17. The second-order valence-electron chi connectivity index (χ2n) is 3.79. The molecule has 0 saturated carbocycles. The van der Waals surface area contributed by atoms with Crippen LogP contribution in [0.4, 0.5) is 0 Å². The van der Waals surface area contributed by atoms with Crippen molar-refractivity contribution in [2.75, 3.05) is 14.2 Å². The van der Waals surface area contributed by atoms with E-state index in [-0.39, 0.29) is 11.2 Å². The minimum absolute atomic E-state index is 0.168. The summed E-state index contributed by atoms with van der Waals surface area (Å²) in [5.74, 6) is 1.29. The molecule has 0 aromatic heterocycles. The average molecular weight is 257 g/mol. The first-order valence-corrected chi connectivity index (χ1v) is 5.90. The van der Waals surface area contributed by atoms with Crippen LogP contribution in [-0.4, -0.2) is 19.5 Å². The van der Waals surface area contributed by atoms with Crippen LogP contribution in [0.25, 0.3) is 0 Å². The molecule has 17 heavy (non-hydrogen) atoms. The van der Waals surface area contributed by atoms with Crippen molar-refractivity contribution in [1.82, 2.24) is 0 Å². The van der Waals surface area contributed by atoms with Crippen LogP contribution in [-0.2, 0) is 11.2 Å². The van der Waals surface area contributed by atoms with Gasteiger partial charge in [-0.1, -0.05) is 13.0 Å². The van der Waals surface area contributed by atoms with Crippen molar-refractivity contribution in [3.63, 3.8) is 0 Å². The van der Waals surface area contributed by atoms with Crippen molar-refractivity contribution in [3.05, 3.63) is 23.8 Å². The molecule has 0 bridgehead atoms. The fourth-order valence-electron chi connectivity index (χ4n) is 1.67. The molecule has 0 fully saturated rings. The summed E-state index contributed by atoms with van der Waals surface area (Å²) in [7, 11) is 3.20. The third kappa shape index (κ3) is 3.63. The van der Waals surface area contributed by atoms with Crippen LogP contribution in [0.15, 0.2) is 18.2 Å². The van der Waals surface area contributed by atoms with Gasteiger partial charge >= 0.3 is 0 Å². The summed E-state index contributed by atoms with van der Waals surface area (Å²) in [4.78, 5) is 11.2. The second kappa shape index (κ2) is 6.50. The van der Waals surface area contributed by atoms with E-state index in [0.717, 1.165) is 23.5 Å². The van der Waals surface area contributed by atoms with Gasteiger partial charge in [-0.2, -0.15) is 0 Å². The predicted octanol–water partition coefficient (Wildman–Crippen LogP) is 3.04. The van der Waals surface area contributed by atoms with Gasteiger partial charge in [0.05, 0.1) is 14.2 Å². The molecule has 0 heterocycles. The highest BCUT2D eigenvalue weighted by atomic mass is 35.5. The Kier molecular flexibility index (Phi) is 5.29.